The van der Waals surface area contributed by atoms with Crippen LogP contribution in [0.25, 0.3) is 11.1 Å². The molecule has 3 aromatic rings. The van der Waals surface area contributed by atoms with Crippen molar-refractivity contribution < 1.29 is 4.79 Å². The van der Waals surface area contributed by atoms with Gasteiger partial charge >= 0.3 is 0 Å². The monoisotopic (exact) mass is 334 g/mol. The molecule has 5 nitrogen and oxygen atoms in total. The molecule has 0 saturated carbocycles. The van der Waals surface area contributed by atoms with Crippen molar-refractivity contribution in [3.8, 4) is 11.1 Å². The highest BCUT2D eigenvalue weighted by Crippen LogP contribution is 2.22. The van der Waals surface area contributed by atoms with Gasteiger partial charge in [0.05, 0.1) is 0 Å². The summed E-state index contributed by atoms with van der Waals surface area (Å²) in [7, 11) is 1.95. The maximum absolute atomic E-state index is 12.4. The normalized spacial score (nSPS) is 10.7. The van der Waals surface area contributed by atoms with E-state index in [1.807, 2.05) is 68.1 Å². The van der Waals surface area contributed by atoms with Crippen LogP contribution < -0.4 is 5.32 Å². The van der Waals surface area contributed by atoms with Crippen molar-refractivity contribution >= 4 is 5.91 Å². The SMILES string of the molecule is Cc1cc(-c2cccc(C(=O)NCCc3nccn3C)c2)cc(C)n1. The minimum absolute atomic E-state index is 0.0708. The Balaban J connectivity index is 1.70. The van der Waals surface area contributed by atoms with Crippen LogP contribution in [0, 0.1) is 13.8 Å². The van der Waals surface area contributed by atoms with Crippen LogP contribution in [0.1, 0.15) is 27.6 Å². The topological polar surface area (TPSA) is 59.8 Å². The molecule has 0 atom stereocenters. The Morgan fingerprint density at radius 2 is 1.88 bits per heavy atom. The van der Waals surface area contributed by atoms with Crippen molar-refractivity contribution in [2.45, 2.75) is 20.3 Å². The van der Waals surface area contributed by atoms with E-state index in [1.165, 1.54) is 0 Å². The predicted molar refractivity (Wildman–Crippen MR) is 98.4 cm³/mol. The lowest BCUT2D eigenvalue weighted by molar-refractivity contribution is 0.0954. The van der Waals surface area contributed by atoms with Crippen molar-refractivity contribution in [1.29, 1.82) is 0 Å². The Kier molecular flexibility index (Phi) is 4.93. The van der Waals surface area contributed by atoms with E-state index in [9.17, 15) is 4.79 Å². The van der Waals surface area contributed by atoms with Crippen LogP contribution in [0.15, 0.2) is 48.8 Å². The third-order valence-electron chi connectivity index (χ3n) is 4.09. The number of imidazole rings is 1. The number of rotatable bonds is 5. The van der Waals surface area contributed by atoms with Gasteiger partial charge in [0.2, 0.25) is 0 Å². The second-order valence-corrected chi connectivity index (χ2v) is 6.18. The molecular formula is C20H22N4O. The van der Waals surface area contributed by atoms with Crippen LogP contribution in [0.2, 0.25) is 0 Å². The van der Waals surface area contributed by atoms with Gasteiger partial charge in [-0.25, -0.2) is 4.98 Å². The molecular weight excluding hydrogens is 312 g/mol. The van der Waals surface area contributed by atoms with Gasteiger partial charge in [-0.15, -0.1) is 0 Å². The van der Waals surface area contributed by atoms with Gasteiger partial charge < -0.3 is 9.88 Å². The van der Waals surface area contributed by atoms with E-state index >= 15 is 0 Å². The number of benzene rings is 1. The highest BCUT2D eigenvalue weighted by Gasteiger charge is 2.08. The molecule has 1 N–H and O–H groups in total. The highest BCUT2D eigenvalue weighted by atomic mass is 16.1. The molecule has 0 saturated heterocycles. The Bertz CT molecular complexity index is 878. The first kappa shape index (κ1) is 16.9. The molecule has 3 rings (SSSR count). The standard InChI is InChI=1S/C20H22N4O/c1-14-11-18(12-15(2)23-14)16-5-4-6-17(13-16)20(25)22-8-7-19-21-9-10-24(19)3/h4-6,9-13H,7-8H2,1-3H3,(H,22,25). The van der Waals surface area contributed by atoms with Crippen LogP contribution in [-0.2, 0) is 13.5 Å². The highest BCUT2D eigenvalue weighted by molar-refractivity contribution is 5.95. The average molecular weight is 334 g/mol. The number of hydrogen-bond donors (Lipinski definition) is 1. The summed E-state index contributed by atoms with van der Waals surface area (Å²) >= 11 is 0. The molecule has 25 heavy (non-hydrogen) atoms. The van der Waals surface area contributed by atoms with Gasteiger partial charge in [-0.3, -0.25) is 9.78 Å². The summed E-state index contributed by atoms with van der Waals surface area (Å²) in [6.07, 6.45) is 4.37. The summed E-state index contributed by atoms with van der Waals surface area (Å²) < 4.78 is 1.96. The Labute approximate surface area is 147 Å². The first-order valence-electron chi connectivity index (χ1n) is 8.33. The average Bonchev–Trinajstić information content (AvgIpc) is 2.99. The van der Waals surface area contributed by atoms with Crippen molar-refractivity contribution in [2.75, 3.05) is 6.54 Å². The summed E-state index contributed by atoms with van der Waals surface area (Å²) in [5, 5.41) is 2.96. The molecule has 2 heterocycles. The van der Waals surface area contributed by atoms with Crippen molar-refractivity contribution in [2.24, 2.45) is 7.05 Å². The van der Waals surface area contributed by atoms with Crippen LogP contribution in [-0.4, -0.2) is 27.0 Å². The second kappa shape index (κ2) is 7.30. The summed E-state index contributed by atoms with van der Waals surface area (Å²) in [6, 6.07) is 11.7. The van der Waals surface area contributed by atoms with Crippen LogP contribution in [0.3, 0.4) is 0 Å². The molecule has 0 aliphatic carbocycles. The molecule has 2 aromatic heterocycles. The number of carbonyl (C=O) groups is 1. The van der Waals surface area contributed by atoms with Crippen LogP contribution in [0.4, 0.5) is 0 Å². The van der Waals surface area contributed by atoms with E-state index in [4.69, 9.17) is 0 Å². The molecule has 0 bridgehead atoms. The van der Waals surface area contributed by atoms with Crippen molar-refractivity contribution in [3.05, 3.63) is 71.6 Å². The number of nitrogens with zero attached hydrogens (tertiary/aromatic N) is 3. The molecule has 0 fully saturated rings. The molecule has 128 valence electrons. The number of aryl methyl sites for hydroxylation is 3. The molecule has 1 amide bonds. The number of pyridine rings is 1. The Morgan fingerprint density at radius 3 is 2.56 bits per heavy atom. The fourth-order valence-electron chi connectivity index (χ4n) is 2.87. The number of nitrogens with one attached hydrogen (secondary N) is 1. The summed E-state index contributed by atoms with van der Waals surface area (Å²) in [6.45, 7) is 4.51. The maximum atomic E-state index is 12.4. The van der Waals surface area contributed by atoms with Gasteiger partial charge in [0.1, 0.15) is 5.82 Å². The van der Waals surface area contributed by atoms with E-state index in [0.717, 1.165) is 28.3 Å². The quantitative estimate of drug-likeness (QED) is 0.780. The zero-order chi connectivity index (χ0) is 17.8. The minimum Gasteiger partial charge on any atom is -0.352 e. The number of aromatic nitrogens is 3. The third kappa shape index (κ3) is 4.12. The van der Waals surface area contributed by atoms with E-state index in [0.29, 0.717) is 18.5 Å². The van der Waals surface area contributed by atoms with E-state index in [-0.39, 0.29) is 5.91 Å². The fourth-order valence-corrected chi connectivity index (χ4v) is 2.87. The van der Waals surface area contributed by atoms with Gasteiger partial charge in [-0.05, 0) is 49.2 Å². The zero-order valence-corrected chi connectivity index (χ0v) is 14.8. The second-order valence-electron chi connectivity index (χ2n) is 6.18. The van der Waals surface area contributed by atoms with Gasteiger partial charge in [-0.1, -0.05) is 12.1 Å². The largest absolute Gasteiger partial charge is 0.352 e. The maximum Gasteiger partial charge on any atom is 0.251 e. The molecule has 0 radical (unpaired) electrons. The summed E-state index contributed by atoms with van der Waals surface area (Å²) in [4.78, 5) is 21.1. The zero-order valence-electron chi connectivity index (χ0n) is 14.8. The van der Waals surface area contributed by atoms with E-state index in [2.05, 4.69) is 15.3 Å². The molecule has 0 aliphatic heterocycles. The number of hydrogen-bond acceptors (Lipinski definition) is 3. The molecule has 1 aromatic carbocycles. The Morgan fingerprint density at radius 1 is 1.12 bits per heavy atom. The van der Waals surface area contributed by atoms with Gasteiger partial charge in [0.15, 0.2) is 0 Å². The third-order valence-corrected chi connectivity index (χ3v) is 4.09. The first-order valence-corrected chi connectivity index (χ1v) is 8.33. The van der Waals surface area contributed by atoms with Gasteiger partial charge in [0, 0.05) is 49.4 Å². The molecule has 0 spiro atoms. The van der Waals surface area contributed by atoms with Crippen LogP contribution in [0.5, 0.6) is 0 Å². The van der Waals surface area contributed by atoms with Gasteiger partial charge in [-0.2, -0.15) is 0 Å². The summed E-state index contributed by atoms with van der Waals surface area (Å²) in [5.41, 5.74) is 4.70. The molecule has 5 heteroatoms. The fraction of sp³-hybridized carbons (Fsp3) is 0.250. The molecule has 0 unspecified atom stereocenters. The van der Waals surface area contributed by atoms with E-state index in [1.54, 1.807) is 6.20 Å². The van der Waals surface area contributed by atoms with E-state index < -0.39 is 0 Å². The minimum atomic E-state index is -0.0708. The molecule has 0 aliphatic rings. The number of carbonyl (C=O) groups excluding carboxylic acids is 1. The van der Waals surface area contributed by atoms with Gasteiger partial charge in [0.25, 0.3) is 5.91 Å². The lowest BCUT2D eigenvalue weighted by Gasteiger charge is -2.08. The predicted octanol–water partition coefficient (Wildman–Crippen LogP) is 3.07. The number of amides is 1. The lowest BCUT2D eigenvalue weighted by atomic mass is 10.0. The van der Waals surface area contributed by atoms with Crippen molar-refractivity contribution in [1.82, 2.24) is 19.9 Å². The lowest BCUT2D eigenvalue weighted by Crippen LogP contribution is -2.26. The Hall–Kier alpha value is -2.95. The smallest absolute Gasteiger partial charge is 0.251 e. The van der Waals surface area contributed by atoms with Crippen molar-refractivity contribution in [3.63, 3.8) is 0 Å². The summed E-state index contributed by atoms with van der Waals surface area (Å²) in [5.74, 6) is 0.885. The first-order chi connectivity index (χ1) is 12.0. The van der Waals surface area contributed by atoms with Crippen LogP contribution >= 0.6 is 0 Å².